The Morgan fingerprint density at radius 1 is 1.18 bits per heavy atom. The SMILES string of the molecule is CNc1cccc(-c2nc(Nc3cn(C(C)(C)C#N)nc3C)nc3c2c(Cl)cn3COCC[Si](C)(C)C)c1. The van der Waals surface area contributed by atoms with Crippen LogP contribution in [0.15, 0.2) is 36.7 Å². The van der Waals surface area contributed by atoms with Crippen molar-refractivity contribution in [1.82, 2.24) is 24.3 Å². The number of aromatic nitrogens is 5. The lowest BCUT2D eigenvalue weighted by Crippen LogP contribution is -2.24. The molecule has 0 fully saturated rings. The highest BCUT2D eigenvalue weighted by molar-refractivity contribution is 6.76. The minimum Gasteiger partial charge on any atom is -0.388 e. The number of anilines is 3. The number of ether oxygens (including phenoxy) is 1. The van der Waals surface area contributed by atoms with Gasteiger partial charge in [0.25, 0.3) is 0 Å². The topological polar surface area (TPSA) is 106 Å². The summed E-state index contributed by atoms with van der Waals surface area (Å²) in [7, 11) is 0.673. The number of fused-ring (bicyclic) bond motifs is 1. The van der Waals surface area contributed by atoms with Crippen molar-refractivity contribution in [1.29, 1.82) is 5.26 Å². The van der Waals surface area contributed by atoms with Gasteiger partial charge in [-0.05, 0) is 38.9 Å². The molecular weight excluding hydrogens is 516 g/mol. The van der Waals surface area contributed by atoms with Crippen LogP contribution in [0.2, 0.25) is 30.7 Å². The normalized spacial score (nSPS) is 12.1. The van der Waals surface area contributed by atoms with E-state index < -0.39 is 13.6 Å². The zero-order valence-electron chi connectivity index (χ0n) is 23.1. The molecule has 0 amide bonds. The van der Waals surface area contributed by atoms with Crippen LogP contribution in [0.1, 0.15) is 19.5 Å². The van der Waals surface area contributed by atoms with E-state index >= 15 is 0 Å². The third-order valence-corrected chi connectivity index (χ3v) is 8.30. The lowest BCUT2D eigenvalue weighted by atomic mass is 10.1. The van der Waals surface area contributed by atoms with Crippen molar-refractivity contribution in [3.05, 3.63) is 47.4 Å². The quantitative estimate of drug-likeness (QED) is 0.169. The second kappa shape index (κ2) is 10.8. The molecule has 1 aromatic carbocycles. The lowest BCUT2D eigenvalue weighted by Gasteiger charge is -2.16. The van der Waals surface area contributed by atoms with Crippen LogP contribution in [-0.2, 0) is 17.0 Å². The second-order valence-electron chi connectivity index (χ2n) is 11.1. The first kappa shape index (κ1) is 27.6. The Morgan fingerprint density at radius 2 is 1.95 bits per heavy atom. The van der Waals surface area contributed by atoms with E-state index in [0.29, 0.717) is 35.6 Å². The van der Waals surface area contributed by atoms with Crippen molar-refractivity contribution >= 4 is 48.0 Å². The fourth-order valence-electron chi connectivity index (χ4n) is 3.91. The Labute approximate surface area is 229 Å². The van der Waals surface area contributed by atoms with Crippen LogP contribution in [-0.4, -0.2) is 46.0 Å². The van der Waals surface area contributed by atoms with Gasteiger partial charge in [0.15, 0.2) is 0 Å². The molecule has 0 aliphatic heterocycles. The monoisotopic (exact) mass is 550 g/mol. The summed E-state index contributed by atoms with van der Waals surface area (Å²) < 4.78 is 9.61. The van der Waals surface area contributed by atoms with E-state index in [1.54, 1.807) is 10.9 Å². The van der Waals surface area contributed by atoms with Crippen LogP contribution in [0.3, 0.4) is 0 Å². The number of rotatable bonds is 10. The average molecular weight is 551 g/mol. The first-order chi connectivity index (χ1) is 17.9. The molecule has 4 aromatic rings. The Kier molecular flexibility index (Phi) is 7.83. The lowest BCUT2D eigenvalue weighted by molar-refractivity contribution is 0.0899. The average Bonchev–Trinajstić information content (AvgIpc) is 3.40. The molecule has 2 N–H and O–H groups in total. The molecule has 11 heteroatoms. The summed E-state index contributed by atoms with van der Waals surface area (Å²) in [5.41, 5.74) is 3.92. The van der Waals surface area contributed by atoms with Crippen molar-refractivity contribution in [2.24, 2.45) is 0 Å². The molecule has 0 saturated heterocycles. The summed E-state index contributed by atoms with van der Waals surface area (Å²) in [6, 6.07) is 11.4. The number of benzene rings is 1. The number of nitriles is 1. The predicted octanol–water partition coefficient (Wildman–Crippen LogP) is 6.61. The summed E-state index contributed by atoms with van der Waals surface area (Å²) in [4.78, 5) is 9.74. The van der Waals surface area contributed by atoms with Crippen molar-refractivity contribution in [3.8, 4) is 17.3 Å². The van der Waals surface area contributed by atoms with Gasteiger partial charge < -0.3 is 19.9 Å². The molecule has 200 valence electrons. The molecule has 0 saturated carbocycles. The highest BCUT2D eigenvalue weighted by atomic mass is 35.5. The van der Waals surface area contributed by atoms with E-state index in [9.17, 15) is 5.26 Å². The minimum absolute atomic E-state index is 0.341. The summed E-state index contributed by atoms with van der Waals surface area (Å²) in [6.45, 7) is 13.5. The number of nitrogens with zero attached hydrogens (tertiary/aromatic N) is 6. The molecule has 0 atom stereocenters. The molecule has 0 radical (unpaired) electrons. The highest BCUT2D eigenvalue weighted by Crippen LogP contribution is 2.36. The second-order valence-corrected chi connectivity index (χ2v) is 17.1. The van der Waals surface area contributed by atoms with E-state index in [0.717, 1.165) is 34.1 Å². The van der Waals surface area contributed by atoms with E-state index in [1.807, 2.05) is 62.8 Å². The Morgan fingerprint density at radius 3 is 2.63 bits per heavy atom. The first-order valence-electron chi connectivity index (χ1n) is 12.6. The van der Waals surface area contributed by atoms with Gasteiger partial charge in [-0.2, -0.15) is 15.3 Å². The predicted molar refractivity (Wildman–Crippen MR) is 157 cm³/mol. The van der Waals surface area contributed by atoms with E-state index in [1.165, 1.54) is 0 Å². The maximum atomic E-state index is 9.54. The molecule has 4 rings (SSSR count). The number of halogens is 1. The Balaban J connectivity index is 1.79. The molecule has 38 heavy (non-hydrogen) atoms. The van der Waals surface area contributed by atoms with Gasteiger partial charge in [0.05, 0.1) is 39.8 Å². The van der Waals surface area contributed by atoms with E-state index in [4.69, 9.17) is 26.3 Å². The van der Waals surface area contributed by atoms with Gasteiger partial charge in [0.1, 0.15) is 17.9 Å². The van der Waals surface area contributed by atoms with Crippen LogP contribution in [0.25, 0.3) is 22.3 Å². The summed E-state index contributed by atoms with van der Waals surface area (Å²) in [5.74, 6) is 0.401. The summed E-state index contributed by atoms with van der Waals surface area (Å²) >= 11 is 6.77. The van der Waals surface area contributed by atoms with Gasteiger partial charge in [-0.1, -0.05) is 43.4 Å². The molecule has 0 unspecified atom stereocenters. The number of aryl methyl sites for hydroxylation is 1. The summed E-state index contributed by atoms with van der Waals surface area (Å²) in [5, 5.41) is 21.9. The van der Waals surface area contributed by atoms with Gasteiger partial charge in [-0.15, -0.1) is 0 Å². The first-order valence-corrected chi connectivity index (χ1v) is 16.7. The van der Waals surface area contributed by atoms with Crippen LogP contribution >= 0.6 is 11.6 Å². The molecule has 0 spiro atoms. The zero-order chi connectivity index (χ0) is 27.7. The fourth-order valence-corrected chi connectivity index (χ4v) is 4.95. The van der Waals surface area contributed by atoms with Crippen molar-refractivity contribution in [3.63, 3.8) is 0 Å². The van der Waals surface area contributed by atoms with Crippen LogP contribution in [0, 0.1) is 18.3 Å². The largest absolute Gasteiger partial charge is 0.388 e. The standard InChI is InChI=1S/C27H35ClN8OSi/c1-18-22(15-36(34-18)27(2,3)16-29)31-26-32-24(19-9-8-10-20(13-19)30-4)23-21(28)14-35(25(23)33-26)17-37-11-12-38(5,6)7/h8-10,13-15,30H,11-12,17H2,1-7H3,(H,31,32,33). The maximum absolute atomic E-state index is 9.54. The molecular formula is C27H35ClN8OSi. The Bertz CT molecular complexity index is 1500. The van der Waals surface area contributed by atoms with Crippen molar-refractivity contribution < 1.29 is 4.74 Å². The smallest absolute Gasteiger partial charge is 0.229 e. The van der Waals surface area contributed by atoms with E-state index in [-0.39, 0.29) is 0 Å². The van der Waals surface area contributed by atoms with Crippen molar-refractivity contribution in [2.45, 2.75) is 58.7 Å². The summed E-state index contributed by atoms with van der Waals surface area (Å²) in [6.07, 6.45) is 3.66. The molecule has 3 heterocycles. The number of nitrogens with one attached hydrogen (secondary N) is 2. The van der Waals surface area contributed by atoms with E-state index in [2.05, 4.69) is 41.4 Å². The third kappa shape index (κ3) is 6.01. The molecule has 0 bridgehead atoms. The van der Waals surface area contributed by atoms with Gasteiger partial charge in [0.2, 0.25) is 5.95 Å². The van der Waals surface area contributed by atoms with Gasteiger partial charge in [-0.3, -0.25) is 4.68 Å². The minimum atomic E-state index is -1.21. The van der Waals surface area contributed by atoms with Gasteiger partial charge in [0, 0.05) is 39.2 Å². The highest BCUT2D eigenvalue weighted by Gasteiger charge is 2.23. The molecule has 3 aromatic heterocycles. The number of hydrogen-bond donors (Lipinski definition) is 2. The van der Waals surface area contributed by atoms with Crippen LogP contribution in [0.4, 0.5) is 17.3 Å². The Hall–Kier alpha value is -3.39. The fraction of sp³-hybridized carbons (Fsp3) is 0.407. The number of hydrogen-bond acceptors (Lipinski definition) is 7. The van der Waals surface area contributed by atoms with Gasteiger partial charge in [-0.25, -0.2) is 4.98 Å². The van der Waals surface area contributed by atoms with Crippen LogP contribution in [0.5, 0.6) is 0 Å². The van der Waals surface area contributed by atoms with Gasteiger partial charge >= 0.3 is 0 Å². The zero-order valence-corrected chi connectivity index (χ0v) is 24.8. The molecule has 0 aliphatic carbocycles. The molecule has 0 aliphatic rings. The third-order valence-electron chi connectivity index (χ3n) is 6.31. The maximum Gasteiger partial charge on any atom is 0.229 e. The molecule has 9 nitrogen and oxygen atoms in total. The van der Waals surface area contributed by atoms with Crippen molar-refractivity contribution in [2.75, 3.05) is 24.3 Å². The van der Waals surface area contributed by atoms with Crippen LogP contribution < -0.4 is 10.6 Å².